The molecule has 0 atom stereocenters. The number of nitrogens with zero attached hydrogens (tertiary/aromatic N) is 1. The highest BCUT2D eigenvalue weighted by Crippen LogP contribution is 2.29. The van der Waals surface area contributed by atoms with E-state index in [1.165, 1.54) is 16.4 Å². The van der Waals surface area contributed by atoms with Gasteiger partial charge in [0.25, 0.3) is 0 Å². The average molecular weight is 470 g/mol. The number of anilines is 2. The second-order valence-corrected chi connectivity index (χ2v) is 9.60. The molecule has 0 fully saturated rings. The van der Waals surface area contributed by atoms with Crippen LogP contribution in [0.1, 0.15) is 11.1 Å². The van der Waals surface area contributed by atoms with E-state index < -0.39 is 16.1 Å². The summed E-state index contributed by atoms with van der Waals surface area (Å²) in [6.45, 7) is 0.652. The van der Waals surface area contributed by atoms with Crippen LogP contribution in [0, 0.1) is 5.82 Å². The predicted molar refractivity (Wildman–Crippen MR) is 125 cm³/mol. The number of amides is 2. The van der Waals surface area contributed by atoms with Crippen LogP contribution in [0.5, 0.6) is 5.75 Å². The highest BCUT2D eigenvalue weighted by molar-refractivity contribution is 7.92. The predicted octanol–water partition coefficient (Wildman–Crippen LogP) is 3.92. The van der Waals surface area contributed by atoms with E-state index in [4.69, 9.17) is 4.74 Å². The van der Waals surface area contributed by atoms with Crippen LogP contribution in [-0.2, 0) is 23.1 Å². The number of halogens is 1. The molecule has 1 heterocycles. The van der Waals surface area contributed by atoms with Crippen LogP contribution >= 0.6 is 0 Å². The molecule has 172 valence electrons. The van der Waals surface area contributed by atoms with E-state index in [2.05, 4.69) is 10.6 Å². The van der Waals surface area contributed by atoms with Crippen molar-refractivity contribution in [2.45, 2.75) is 13.0 Å². The van der Waals surface area contributed by atoms with Crippen LogP contribution in [0.25, 0.3) is 0 Å². The topological polar surface area (TPSA) is 87.7 Å². The minimum Gasteiger partial charge on any atom is -0.489 e. The van der Waals surface area contributed by atoms with Gasteiger partial charge in [-0.1, -0.05) is 36.4 Å². The summed E-state index contributed by atoms with van der Waals surface area (Å²) in [5.74, 6) is 0.0247. The van der Waals surface area contributed by atoms with Gasteiger partial charge in [0.2, 0.25) is 10.0 Å². The Hall–Kier alpha value is -3.59. The summed E-state index contributed by atoms with van der Waals surface area (Å²) >= 11 is 0. The van der Waals surface area contributed by atoms with Crippen LogP contribution in [0.2, 0.25) is 0 Å². The SMILES string of the molecule is O=C(NCCS(=O)(=O)N1CCc2ccccc21)Nc1cccc(OCc2ccc(F)cc2)c1. The Morgan fingerprint density at radius 3 is 2.64 bits per heavy atom. The molecule has 4 rings (SSSR count). The van der Waals surface area contributed by atoms with E-state index in [-0.39, 0.29) is 24.7 Å². The maximum Gasteiger partial charge on any atom is 0.319 e. The summed E-state index contributed by atoms with van der Waals surface area (Å²) in [7, 11) is -3.54. The third kappa shape index (κ3) is 5.81. The zero-order valence-corrected chi connectivity index (χ0v) is 18.6. The number of carbonyl (C=O) groups excluding carboxylic acids is 1. The molecule has 7 nitrogen and oxygen atoms in total. The number of sulfonamides is 1. The van der Waals surface area contributed by atoms with E-state index in [0.717, 1.165) is 11.1 Å². The van der Waals surface area contributed by atoms with Crippen molar-refractivity contribution in [3.63, 3.8) is 0 Å². The van der Waals surface area contributed by atoms with Crippen molar-refractivity contribution in [2.24, 2.45) is 0 Å². The molecule has 2 amide bonds. The first-order valence-corrected chi connectivity index (χ1v) is 12.1. The molecule has 0 bridgehead atoms. The lowest BCUT2D eigenvalue weighted by atomic mass is 10.2. The molecule has 1 aliphatic rings. The number of ether oxygens (including phenoxy) is 1. The van der Waals surface area contributed by atoms with Gasteiger partial charge >= 0.3 is 6.03 Å². The number of hydrogen-bond donors (Lipinski definition) is 2. The van der Waals surface area contributed by atoms with Crippen LogP contribution in [0.3, 0.4) is 0 Å². The first kappa shape index (κ1) is 22.6. The first-order chi connectivity index (χ1) is 15.9. The summed E-state index contributed by atoms with van der Waals surface area (Å²) < 4.78 is 45.5. The van der Waals surface area contributed by atoms with Crippen molar-refractivity contribution in [1.29, 1.82) is 0 Å². The smallest absolute Gasteiger partial charge is 0.319 e. The fraction of sp³-hybridized carbons (Fsp3) is 0.208. The van der Waals surface area contributed by atoms with E-state index in [0.29, 0.717) is 30.1 Å². The Labute approximate surface area is 192 Å². The largest absolute Gasteiger partial charge is 0.489 e. The van der Waals surface area contributed by atoms with E-state index in [9.17, 15) is 17.6 Å². The molecule has 0 saturated heterocycles. The van der Waals surface area contributed by atoms with Gasteiger partial charge in [0.1, 0.15) is 18.2 Å². The molecule has 0 unspecified atom stereocenters. The van der Waals surface area contributed by atoms with Crippen LogP contribution in [-0.4, -0.2) is 33.3 Å². The van der Waals surface area contributed by atoms with Crippen molar-refractivity contribution in [3.05, 3.63) is 89.7 Å². The maximum atomic E-state index is 13.0. The molecule has 1 aliphatic heterocycles. The van der Waals surface area contributed by atoms with Gasteiger partial charge in [0.05, 0.1) is 11.4 Å². The van der Waals surface area contributed by atoms with E-state index >= 15 is 0 Å². The van der Waals surface area contributed by atoms with Gasteiger partial charge in [-0.3, -0.25) is 4.31 Å². The summed E-state index contributed by atoms with van der Waals surface area (Å²) in [6, 6.07) is 19.7. The first-order valence-electron chi connectivity index (χ1n) is 10.5. The number of rotatable bonds is 8. The minimum absolute atomic E-state index is 0.0202. The number of hydrogen-bond acceptors (Lipinski definition) is 4. The monoisotopic (exact) mass is 469 g/mol. The quantitative estimate of drug-likeness (QED) is 0.524. The number of fused-ring (bicyclic) bond motifs is 1. The van der Waals surface area contributed by atoms with Gasteiger partial charge in [0, 0.05) is 24.8 Å². The number of carbonyl (C=O) groups is 1. The molecule has 0 aliphatic carbocycles. The summed E-state index contributed by atoms with van der Waals surface area (Å²) in [6.07, 6.45) is 0.683. The molecule has 0 saturated carbocycles. The molecule has 3 aromatic rings. The minimum atomic E-state index is -3.54. The Kier molecular flexibility index (Phi) is 6.79. The van der Waals surface area contributed by atoms with E-state index in [1.807, 2.05) is 18.2 Å². The highest BCUT2D eigenvalue weighted by atomic mass is 32.2. The number of nitrogens with one attached hydrogen (secondary N) is 2. The van der Waals surface area contributed by atoms with Crippen LogP contribution in [0.4, 0.5) is 20.6 Å². The van der Waals surface area contributed by atoms with Gasteiger partial charge in [0.15, 0.2) is 0 Å². The second kappa shape index (κ2) is 9.91. The van der Waals surface area contributed by atoms with Gasteiger partial charge in [-0.15, -0.1) is 0 Å². The van der Waals surface area contributed by atoms with Crippen molar-refractivity contribution in [1.82, 2.24) is 5.32 Å². The summed E-state index contributed by atoms with van der Waals surface area (Å²) in [5.41, 5.74) is 3.03. The molecule has 3 aromatic carbocycles. The Bertz CT molecular complexity index is 1230. The molecular formula is C24H24FN3O4S. The molecular weight excluding hydrogens is 445 g/mol. The average Bonchev–Trinajstić information content (AvgIpc) is 3.24. The fourth-order valence-electron chi connectivity index (χ4n) is 3.59. The lowest BCUT2D eigenvalue weighted by Crippen LogP contribution is -2.38. The van der Waals surface area contributed by atoms with Gasteiger partial charge in [-0.05, 0) is 47.9 Å². The van der Waals surface area contributed by atoms with E-state index in [1.54, 1.807) is 42.5 Å². The Balaban J connectivity index is 1.26. The van der Waals surface area contributed by atoms with Crippen LogP contribution in [0.15, 0.2) is 72.8 Å². The van der Waals surface area contributed by atoms with Crippen molar-refractivity contribution in [3.8, 4) is 5.75 Å². The standard InChI is InChI=1S/C24H24FN3O4S/c25-20-10-8-18(9-11-20)17-32-22-6-3-5-21(16-22)27-24(29)26-13-15-33(30,31)28-14-12-19-4-1-2-7-23(19)28/h1-11,16H,12-15,17H2,(H2,26,27,29). The molecule has 0 radical (unpaired) electrons. The highest BCUT2D eigenvalue weighted by Gasteiger charge is 2.28. The fourth-order valence-corrected chi connectivity index (χ4v) is 5.01. The molecule has 9 heteroatoms. The van der Waals surface area contributed by atoms with Gasteiger partial charge < -0.3 is 15.4 Å². The third-order valence-electron chi connectivity index (χ3n) is 5.24. The zero-order valence-electron chi connectivity index (χ0n) is 17.8. The summed E-state index contributed by atoms with van der Waals surface area (Å²) in [5, 5.41) is 5.26. The molecule has 0 aromatic heterocycles. The number of urea groups is 1. The molecule has 2 N–H and O–H groups in total. The van der Waals surface area contributed by atoms with Crippen molar-refractivity contribution < 1.29 is 22.3 Å². The number of benzene rings is 3. The normalized spacial score (nSPS) is 12.8. The molecule has 33 heavy (non-hydrogen) atoms. The Morgan fingerprint density at radius 2 is 1.82 bits per heavy atom. The lowest BCUT2D eigenvalue weighted by molar-refractivity contribution is 0.252. The third-order valence-corrected chi connectivity index (χ3v) is 7.01. The second-order valence-electron chi connectivity index (χ2n) is 7.59. The molecule has 0 spiro atoms. The lowest BCUT2D eigenvalue weighted by Gasteiger charge is -2.19. The summed E-state index contributed by atoms with van der Waals surface area (Å²) in [4.78, 5) is 12.2. The van der Waals surface area contributed by atoms with Crippen molar-refractivity contribution >= 4 is 27.4 Å². The van der Waals surface area contributed by atoms with Gasteiger partial charge in [-0.25, -0.2) is 17.6 Å². The van der Waals surface area contributed by atoms with Crippen molar-refractivity contribution in [2.75, 3.05) is 28.5 Å². The number of para-hydroxylation sites is 1. The maximum absolute atomic E-state index is 13.0. The zero-order chi connectivity index (χ0) is 23.3. The van der Waals surface area contributed by atoms with Gasteiger partial charge in [-0.2, -0.15) is 0 Å². The Morgan fingerprint density at radius 1 is 1.03 bits per heavy atom. The van der Waals surface area contributed by atoms with Crippen LogP contribution < -0.4 is 19.7 Å².